The summed E-state index contributed by atoms with van der Waals surface area (Å²) in [5.74, 6) is -4.19. The van der Waals surface area contributed by atoms with E-state index in [-0.39, 0.29) is 29.8 Å². The fourth-order valence-electron chi connectivity index (χ4n) is 3.67. The normalized spacial score (nSPS) is 26.2. The summed E-state index contributed by atoms with van der Waals surface area (Å²) < 4.78 is 40.8. The first kappa shape index (κ1) is 21.1. The predicted molar refractivity (Wildman–Crippen MR) is 97.1 cm³/mol. The van der Waals surface area contributed by atoms with Crippen LogP contribution >= 0.6 is 27.5 Å². The molecule has 1 aliphatic heterocycles. The standard InChI is InChI=1S/C18H16BrClF3NO4/c1-16(15(27)28)7-9(13(25)11-3-2-10(19)6-12(11)20)8-24(16)14(26)17(4-5-17)18(21,22)23/h2-3,6,9H,4-5,7-8H2,1H3,(H,27,28)/t9?,16-/m0/s1. The van der Waals surface area contributed by atoms with Gasteiger partial charge in [-0.2, -0.15) is 13.2 Å². The molecule has 10 heteroatoms. The van der Waals surface area contributed by atoms with Crippen molar-refractivity contribution >= 4 is 45.2 Å². The summed E-state index contributed by atoms with van der Waals surface area (Å²) in [6.45, 7) is 0.779. The average Bonchev–Trinajstić information content (AvgIpc) is 3.32. The second-order valence-electron chi connectivity index (χ2n) is 7.46. The number of carbonyl (C=O) groups excluding carboxylic acids is 2. The first-order valence-electron chi connectivity index (χ1n) is 8.45. The monoisotopic (exact) mass is 481 g/mol. The quantitative estimate of drug-likeness (QED) is 0.649. The van der Waals surface area contributed by atoms with Crippen molar-refractivity contribution in [2.45, 2.75) is 37.9 Å². The number of hydrogen-bond donors (Lipinski definition) is 1. The molecule has 3 rings (SSSR count). The van der Waals surface area contributed by atoms with Crippen LogP contribution < -0.4 is 0 Å². The fourth-order valence-corrected chi connectivity index (χ4v) is 4.44. The van der Waals surface area contributed by atoms with Crippen LogP contribution in [0.25, 0.3) is 0 Å². The number of halogens is 5. The largest absolute Gasteiger partial charge is 0.480 e. The van der Waals surface area contributed by atoms with Crippen LogP contribution in [0.15, 0.2) is 22.7 Å². The van der Waals surface area contributed by atoms with E-state index in [4.69, 9.17) is 11.6 Å². The zero-order valence-electron chi connectivity index (χ0n) is 14.6. The third-order valence-corrected chi connectivity index (χ3v) is 6.42. The lowest BCUT2D eigenvalue weighted by atomic mass is 9.89. The Morgan fingerprint density at radius 2 is 1.89 bits per heavy atom. The minimum Gasteiger partial charge on any atom is -0.480 e. The molecule has 1 aliphatic carbocycles. The van der Waals surface area contributed by atoms with Gasteiger partial charge in [0.05, 0.1) is 5.02 Å². The molecule has 2 aliphatic rings. The number of aliphatic carboxylic acids is 1. The highest BCUT2D eigenvalue weighted by Crippen LogP contribution is 2.59. The molecule has 28 heavy (non-hydrogen) atoms. The molecule has 152 valence electrons. The van der Waals surface area contributed by atoms with Gasteiger partial charge in [-0.15, -0.1) is 0 Å². The molecular weight excluding hydrogens is 467 g/mol. The van der Waals surface area contributed by atoms with Gasteiger partial charge in [0.15, 0.2) is 5.78 Å². The maximum Gasteiger partial charge on any atom is 0.403 e. The third-order valence-electron chi connectivity index (χ3n) is 5.62. The van der Waals surface area contributed by atoms with Crippen LogP contribution in [0.4, 0.5) is 13.2 Å². The van der Waals surface area contributed by atoms with Crippen LogP contribution in [0.3, 0.4) is 0 Å². The van der Waals surface area contributed by atoms with E-state index >= 15 is 0 Å². The van der Waals surface area contributed by atoms with Gasteiger partial charge in [-0.25, -0.2) is 4.79 Å². The number of carboxylic acids is 1. The molecule has 0 bridgehead atoms. The third kappa shape index (κ3) is 3.22. The highest BCUT2D eigenvalue weighted by Gasteiger charge is 2.71. The van der Waals surface area contributed by atoms with Crippen LogP contribution in [-0.4, -0.2) is 45.9 Å². The van der Waals surface area contributed by atoms with E-state index < -0.39 is 47.3 Å². The Morgan fingerprint density at radius 1 is 1.29 bits per heavy atom. The van der Waals surface area contributed by atoms with Crippen molar-refractivity contribution < 1.29 is 32.7 Å². The molecule has 1 unspecified atom stereocenters. The molecule has 0 aromatic heterocycles. The Balaban J connectivity index is 1.93. The van der Waals surface area contributed by atoms with Gasteiger partial charge < -0.3 is 10.0 Å². The molecule has 1 saturated carbocycles. The summed E-state index contributed by atoms with van der Waals surface area (Å²) >= 11 is 9.29. The summed E-state index contributed by atoms with van der Waals surface area (Å²) in [6.07, 6.45) is -5.80. The maximum atomic E-state index is 13.4. The topological polar surface area (TPSA) is 74.7 Å². The van der Waals surface area contributed by atoms with Crippen LogP contribution in [0.1, 0.15) is 36.5 Å². The lowest BCUT2D eigenvalue weighted by Crippen LogP contribution is -2.55. The lowest BCUT2D eigenvalue weighted by Gasteiger charge is -2.34. The number of carbonyl (C=O) groups is 3. The van der Waals surface area contributed by atoms with E-state index in [0.717, 1.165) is 0 Å². The Kier molecular flexibility index (Phi) is 5.07. The molecule has 1 aromatic carbocycles. The van der Waals surface area contributed by atoms with Gasteiger partial charge in [0, 0.05) is 22.5 Å². The summed E-state index contributed by atoms with van der Waals surface area (Å²) in [6, 6.07) is 4.53. The molecule has 1 saturated heterocycles. The molecule has 2 atom stereocenters. The number of ketones is 1. The van der Waals surface area contributed by atoms with E-state index in [1.165, 1.54) is 19.1 Å². The zero-order valence-corrected chi connectivity index (χ0v) is 17.0. The minimum atomic E-state index is -4.76. The van der Waals surface area contributed by atoms with Crippen molar-refractivity contribution in [1.29, 1.82) is 0 Å². The van der Waals surface area contributed by atoms with Gasteiger partial charge in [0.25, 0.3) is 0 Å². The SMILES string of the molecule is C[C@@]1(C(=O)O)CC(C(=O)c2ccc(Br)cc2Cl)CN1C(=O)C1(C(F)(F)F)CC1. The number of Topliss-reactive ketones (excluding diaryl/α,β-unsaturated/α-hetero) is 1. The molecule has 0 spiro atoms. The Labute approximate surface area is 172 Å². The number of hydrogen-bond acceptors (Lipinski definition) is 3. The molecular formula is C18H16BrClF3NO4. The maximum absolute atomic E-state index is 13.4. The summed E-state index contributed by atoms with van der Waals surface area (Å²) in [4.78, 5) is 38.1. The van der Waals surface area contributed by atoms with Gasteiger partial charge in [-0.1, -0.05) is 27.5 Å². The van der Waals surface area contributed by atoms with Gasteiger partial charge in [0.2, 0.25) is 5.91 Å². The second kappa shape index (κ2) is 6.73. The van der Waals surface area contributed by atoms with E-state index in [0.29, 0.717) is 9.37 Å². The highest BCUT2D eigenvalue weighted by molar-refractivity contribution is 9.10. The molecule has 1 aromatic rings. The lowest BCUT2D eigenvalue weighted by molar-refractivity contribution is -0.202. The molecule has 1 N–H and O–H groups in total. The Hall–Kier alpha value is -1.61. The summed E-state index contributed by atoms with van der Waals surface area (Å²) in [7, 11) is 0. The zero-order chi connectivity index (χ0) is 21.1. The smallest absolute Gasteiger partial charge is 0.403 e. The molecule has 1 amide bonds. The van der Waals surface area contributed by atoms with Crippen LogP contribution in [-0.2, 0) is 9.59 Å². The van der Waals surface area contributed by atoms with Crippen molar-refractivity contribution in [3.8, 4) is 0 Å². The number of alkyl halides is 3. The highest BCUT2D eigenvalue weighted by atomic mass is 79.9. The summed E-state index contributed by atoms with van der Waals surface area (Å²) in [5, 5.41) is 9.76. The fraction of sp³-hybridized carbons (Fsp3) is 0.500. The minimum absolute atomic E-state index is 0.133. The van der Waals surface area contributed by atoms with Crippen molar-refractivity contribution in [3.05, 3.63) is 33.3 Å². The number of amides is 1. The van der Waals surface area contributed by atoms with Gasteiger partial charge in [0.1, 0.15) is 11.0 Å². The molecule has 2 fully saturated rings. The Bertz CT molecular complexity index is 871. The van der Waals surface area contributed by atoms with Crippen LogP contribution in [0.5, 0.6) is 0 Å². The number of carboxylic acid groups (broad SMARTS) is 1. The van der Waals surface area contributed by atoms with Gasteiger partial charge in [-0.05, 0) is 44.4 Å². The van der Waals surface area contributed by atoms with E-state index in [1.54, 1.807) is 6.07 Å². The van der Waals surface area contributed by atoms with Crippen molar-refractivity contribution in [1.82, 2.24) is 4.90 Å². The van der Waals surface area contributed by atoms with Crippen LogP contribution in [0, 0.1) is 11.3 Å². The van der Waals surface area contributed by atoms with Gasteiger partial charge in [-0.3, -0.25) is 9.59 Å². The number of benzene rings is 1. The van der Waals surface area contributed by atoms with E-state index in [1.807, 2.05) is 0 Å². The Morgan fingerprint density at radius 3 is 2.36 bits per heavy atom. The average molecular weight is 483 g/mol. The molecule has 5 nitrogen and oxygen atoms in total. The predicted octanol–water partition coefficient (Wildman–Crippen LogP) is 4.32. The molecule has 1 heterocycles. The summed E-state index contributed by atoms with van der Waals surface area (Å²) in [5.41, 5.74) is -4.31. The van der Waals surface area contributed by atoms with Crippen molar-refractivity contribution in [2.24, 2.45) is 11.3 Å². The van der Waals surface area contributed by atoms with Crippen LogP contribution in [0.2, 0.25) is 5.02 Å². The number of likely N-dealkylation sites (tertiary alicyclic amines) is 1. The number of rotatable bonds is 4. The first-order chi connectivity index (χ1) is 12.8. The first-order valence-corrected chi connectivity index (χ1v) is 9.62. The van der Waals surface area contributed by atoms with Crippen molar-refractivity contribution in [2.75, 3.05) is 6.54 Å². The molecule has 0 radical (unpaired) electrons. The van der Waals surface area contributed by atoms with Gasteiger partial charge >= 0.3 is 12.1 Å². The second-order valence-corrected chi connectivity index (χ2v) is 8.79. The van der Waals surface area contributed by atoms with E-state index in [9.17, 15) is 32.7 Å². The van der Waals surface area contributed by atoms with Crippen molar-refractivity contribution in [3.63, 3.8) is 0 Å². The number of nitrogens with zero attached hydrogens (tertiary/aromatic N) is 1. The van der Waals surface area contributed by atoms with E-state index in [2.05, 4.69) is 15.9 Å².